The first-order valence-electron chi connectivity index (χ1n) is 9.02. The average Bonchev–Trinajstić information content (AvgIpc) is 2.64. The Kier molecular flexibility index (Phi) is 5.60. The Morgan fingerprint density at radius 2 is 1.93 bits per heavy atom. The normalized spacial score (nSPS) is 12.1. The minimum absolute atomic E-state index is 0.00227. The zero-order chi connectivity index (χ0) is 19.4. The minimum Gasteiger partial charge on any atom is -0.508 e. The molecule has 0 radical (unpaired) electrons. The van der Waals surface area contributed by atoms with E-state index in [9.17, 15) is 14.7 Å². The molecule has 27 heavy (non-hydrogen) atoms. The number of rotatable bonds is 6. The number of aryl methyl sites for hydroxylation is 2. The minimum atomic E-state index is -0.544. The number of hydrogen-bond donors (Lipinski definition) is 2. The first-order valence-corrected chi connectivity index (χ1v) is 9.02. The highest BCUT2D eigenvalue weighted by atomic mass is 16.4. The van der Waals surface area contributed by atoms with Gasteiger partial charge in [0.05, 0.1) is 12.0 Å². The fraction of sp³-hybridized carbons (Fsp3) is 0.273. The number of hydrogen-bond acceptors (Lipinski definition) is 4. The van der Waals surface area contributed by atoms with Crippen LogP contribution in [0.25, 0.3) is 11.0 Å². The van der Waals surface area contributed by atoms with Crippen LogP contribution in [0.3, 0.4) is 0 Å². The van der Waals surface area contributed by atoms with Gasteiger partial charge in [-0.05, 0) is 49.9 Å². The van der Waals surface area contributed by atoms with Gasteiger partial charge in [0.25, 0.3) is 0 Å². The van der Waals surface area contributed by atoms with Gasteiger partial charge in [-0.3, -0.25) is 4.79 Å². The molecule has 3 aromatic rings. The van der Waals surface area contributed by atoms with E-state index in [2.05, 4.69) is 17.4 Å². The molecule has 1 aromatic heterocycles. The van der Waals surface area contributed by atoms with Gasteiger partial charge in [-0.15, -0.1) is 0 Å². The van der Waals surface area contributed by atoms with E-state index in [-0.39, 0.29) is 24.1 Å². The highest BCUT2D eigenvalue weighted by molar-refractivity contribution is 5.85. The van der Waals surface area contributed by atoms with Crippen LogP contribution in [0.5, 0.6) is 5.75 Å². The van der Waals surface area contributed by atoms with Crippen molar-refractivity contribution in [2.45, 2.75) is 39.2 Å². The third-order valence-corrected chi connectivity index (χ3v) is 4.72. The molecule has 1 atom stereocenters. The van der Waals surface area contributed by atoms with E-state index in [1.165, 1.54) is 17.7 Å². The van der Waals surface area contributed by atoms with Crippen LogP contribution in [-0.2, 0) is 17.6 Å². The maximum absolute atomic E-state index is 12.4. The molecule has 0 aliphatic rings. The van der Waals surface area contributed by atoms with E-state index in [0.717, 1.165) is 12.8 Å². The Bertz CT molecular complexity index is 1010. The van der Waals surface area contributed by atoms with Crippen molar-refractivity contribution in [3.05, 3.63) is 75.6 Å². The number of benzene rings is 2. The lowest BCUT2D eigenvalue weighted by molar-refractivity contribution is -0.121. The molecule has 1 heterocycles. The van der Waals surface area contributed by atoms with E-state index in [0.29, 0.717) is 22.1 Å². The van der Waals surface area contributed by atoms with Gasteiger partial charge in [-0.1, -0.05) is 30.3 Å². The Morgan fingerprint density at radius 3 is 2.67 bits per heavy atom. The summed E-state index contributed by atoms with van der Waals surface area (Å²) < 4.78 is 5.27. The summed E-state index contributed by atoms with van der Waals surface area (Å²) in [7, 11) is 0. The molecule has 1 unspecified atom stereocenters. The molecule has 0 saturated carbocycles. The average molecular weight is 365 g/mol. The Balaban J connectivity index is 1.67. The summed E-state index contributed by atoms with van der Waals surface area (Å²) in [5.74, 6) is -0.174. The highest BCUT2D eigenvalue weighted by Crippen LogP contribution is 2.23. The number of amides is 1. The summed E-state index contributed by atoms with van der Waals surface area (Å²) in [6.45, 7) is 3.75. The van der Waals surface area contributed by atoms with E-state index in [4.69, 9.17) is 4.42 Å². The van der Waals surface area contributed by atoms with Crippen molar-refractivity contribution in [1.29, 1.82) is 0 Å². The maximum Gasteiger partial charge on any atom is 0.340 e. The van der Waals surface area contributed by atoms with Crippen molar-refractivity contribution in [2.75, 3.05) is 0 Å². The van der Waals surface area contributed by atoms with Crippen LogP contribution in [0.15, 0.2) is 57.7 Å². The molecule has 0 spiro atoms. The molecule has 0 fully saturated rings. The number of carbonyl (C=O) groups excluding carboxylic acids is 1. The predicted octanol–water partition coefficient (Wildman–Crippen LogP) is 3.49. The monoisotopic (exact) mass is 365 g/mol. The quantitative estimate of drug-likeness (QED) is 0.656. The molecule has 0 aliphatic carbocycles. The van der Waals surface area contributed by atoms with Crippen LogP contribution in [-0.4, -0.2) is 17.1 Å². The zero-order valence-electron chi connectivity index (χ0n) is 15.5. The largest absolute Gasteiger partial charge is 0.508 e. The molecular weight excluding hydrogens is 342 g/mol. The molecular formula is C22H23NO4. The SMILES string of the molecule is Cc1c(CC(=O)NC(C)CCc2ccccc2)c(=O)oc2cc(O)ccc12. The van der Waals surface area contributed by atoms with Crippen LogP contribution in [0.1, 0.15) is 30.0 Å². The molecule has 5 nitrogen and oxygen atoms in total. The first-order chi connectivity index (χ1) is 12.9. The summed E-state index contributed by atoms with van der Waals surface area (Å²) in [6.07, 6.45) is 1.67. The van der Waals surface area contributed by atoms with Crippen LogP contribution in [0.4, 0.5) is 0 Å². The van der Waals surface area contributed by atoms with Crippen molar-refractivity contribution in [3.8, 4) is 5.75 Å². The first kappa shape index (κ1) is 18.7. The highest BCUT2D eigenvalue weighted by Gasteiger charge is 2.16. The van der Waals surface area contributed by atoms with Gasteiger partial charge >= 0.3 is 5.63 Å². The third kappa shape index (κ3) is 4.56. The standard InChI is InChI=1S/C22H23NO4/c1-14(8-9-16-6-4-3-5-7-16)23-21(25)13-19-15(2)18-11-10-17(24)12-20(18)27-22(19)26/h3-7,10-12,14,24H,8-9,13H2,1-2H3,(H,23,25). The molecule has 5 heteroatoms. The fourth-order valence-electron chi connectivity index (χ4n) is 3.17. The number of aromatic hydroxyl groups is 1. The van der Waals surface area contributed by atoms with Gasteiger partial charge in [0.15, 0.2) is 0 Å². The van der Waals surface area contributed by atoms with Gasteiger partial charge in [0.1, 0.15) is 11.3 Å². The van der Waals surface area contributed by atoms with Gasteiger partial charge in [-0.25, -0.2) is 4.79 Å². The van der Waals surface area contributed by atoms with E-state index in [1.807, 2.05) is 25.1 Å². The summed E-state index contributed by atoms with van der Waals surface area (Å²) in [5, 5.41) is 13.2. The zero-order valence-corrected chi connectivity index (χ0v) is 15.5. The van der Waals surface area contributed by atoms with E-state index in [1.54, 1.807) is 13.0 Å². The van der Waals surface area contributed by atoms with Gasteiger partial charge in [0.2, 0.25) is 5.91 Å². The van der Waals surface area contributed by atoms with Crippen molar-refractivity contribution in [3.63, 3.8) is 0 Å². The van der Waals surface area contributed by atoms with Crippen LogP contribution in [0, 0.1) is 6.92 Å². The summed E-state index contributed by atoms with van der Waals surface area (Å²) in [4.78, 5) is 24.7. The second kappa shape index (κ2) is 8.08. The van der Waals surface area contributed by atoms with Gasteiger partial charge in [0, 0.05) is 17.5 Å². The molecule has 2 aromatic carbocycles. The van der Waals surface area contributed by atoms with Crippen molar-refractivity contribution >= 4 is 16.9 Å². The summed E-state index contributed by atoms with van der Waals surface area (Å²) in [5.41, 5.74) is 2.05. The lowest BCUT2D eigenvalue weighted by Gasteiger charge is -2.14. The smallest absolute Gasteiger partial charge is 0.340 e. The van der Waals surface area contributed by atoms with Crippen molar-refractivity contribution in [1.82, 2.24) is 5.32 Å². The maximum atomic E-state index is 12.4. The van der Waals surface area contributed by atoms with Crippen LogP contribution >= 0.6 is 0 Å². The Hall–Kier alpha value is -3.08. The lowest BCUT2D eigenvalue weighted by Crippen LogP contribution is -2.35. The third-order valence-electron chi connectivity index (χ3n) is 4.72. The second-order valence-corrected chi connectivity index (χ2v) is 6.84. The van der Waals surface area contributed by atoms with Crippen LogP contribution < -0.4 is 10.9 Å². The van der Waals surface area contributed by atoms with Crippen molar-refractivity contribution in [2.24, 2.45) is 0 Å². The molecule has 140 valence electrons. The number of nitrogens with one attached hydrogen (secondary N) is 1. The topological polar surface area (TPSA) is 79.5 Å². The molecule has 3 rings (SSSR count). The molecule has 2 N–H and O–H groups in total. The Morgan fingerprint density at radius 1 is 1.19 bits per heavy atom. The number of carbonyl (C=O) groups is 1. The van der Waals surface area contributed by atoms with Crippen molar-refractivity contribution < 1.29 is 14.3 Å². The summed E-state index contributed by atoms with van der Waals surface area (Å²) in [6, 6.07) is 14.7. The molecule has 1 amide bonds. The number of phenols is 1. The second-order valence-electron chi connectivity index (χ2n) is 6.84. The molecule has 0 saturated heterocycles. The van der Waals surface area contributed by atoms with Gasteiger partial charge in [-0.2, -0.15) is 0 Å². The van der Waals surface area contributed by atoms with E-state index >= 15 is 0 Å². The summed E-state index contributed by atoms with van der Waals surface area (Å²) >= 11 is 0. The lowest BCUT2D eigenvalue weighted by atomic mass is 10.0. The molecule has 0 aliphatic heterocycles. The number of phenolic OH excluding ortho intramolecular Hbond substituents is 1. The Labute approximate surface area is 157 Å². The van der Waals surface area contributed by atoms with Crippen LogP contribution in [0.2, 0.25) is 0 Å². The fourth-order valence-corrected chi connectivity index (χ4v) is 3.17. The van der Waals surface area contributed by atoms with Gasteiger partial charge < -0.3 is 14.8 Å². The number of fused-ring (bicyclic) bond motifs is 1. The van der Waals surface area contributed by atoms with E-state index < -0.39 is 5.63 Å². The molecule has 0 bridgehead atoms. The predicted molar refractivity (Wildman–Crippen MR) is 105 cm³/mol.